The Hall–Kier alpha value is -1.85. The second-order valence-corrected chi connectivity index (χ2v) is 4.86. The van der Waals surface area contributed by atoms with Gasteiger partial charge in [-0.05, 0) is 20.2 Å². The molecule has 0 spiro atoms. The molecule has 0 aliphatic rings. The Bertz CT molecular complexity index is 577. The van der Waals surface area contributed by atoms with Gasteiger partial charge in [-0.25, -0.2) is 0 Å². The maximum atomic E-state index is 10.8. The van der Waals surface area contributed by atoms with Crippen LogP contribution >= 0.6 is 0 Å². The molecule has 5 heteroatoms. The highest BCUT2D eigenvalue weighted by Crippen LogP contribution is 2.31. The third-order valence-corrected chi connectivity index (χ3v) is 3.20. The van der Waals surface area contributed by atoms with Gasteiger partial charge in [0.15, 0.2) is 0 Å². The SMILES string of the molecule is CN(C)C(c1coc2ccccc12)C(N)CC(=O)O. The number of carboxylic acids is 1. The van der Waals surface area contributed by atoms with Gasteiger partial charge in [0.25, 0.3) is 0 Å². The number of fused-ring (bicyclic) bond motifs is 1. The maximum Gasteiger partial charge on any atom is 0.304 e. The molecule has 0 fully saturated rings. The quantitative estimate of drug-likeness (QED) is 0.859. The van der Waals surface area contributed by atoms with Gasteiger partial charge < -0.3 is 20.2 Å². The first-order valence-electron chi connectivity index (χ1n) is 6.10. The van der Waals surface area contributed by atoms with Gasteiger partial charge in [-0.15, -0.1) is 0 Å². The zero-order chi connectivity index (χ0) is 14.0. The molecule has 0 saturated carbocycles. The first-order valence-corrected chi connectivity index (χ1v) is 6.10. The van der Waals surface area contributed by atoms with E-state index < -0.39 is 12.0 Å². The molecule has 1 aromatic carbocycles. The van der Waals surface area contributed by atoms with E-state index in [-0.39, 0.29) is 12.5 Å². The second-order valence-electron chi connectivity index (χ2n) is 4.86. The summed E-state index contributed by atoms with van der Waals surface area (Å²) in [4.78, 5) is 12.8. The lowest BCUT2D eigenvalue weighted by atomic mass is 9.96. The van der Waals surface area contributed by atoms with Gasteiger partial charge in [0.1, 0.15) is 5.58 Å². The van der Waals surface area contributed by atoms with Crippen molar-refractivity contribution in [2.75, 3.05) is 14.1 Å². The van der Waals surface area contributed by atoms with Crippen LogP contribution in [0.4, 0.5) is 0 Å². The average molecular weight is 262 g/mol. The Morgan fingerprint density at radius 3 is 2.74 bits per heavy atom. The summed E-state index contributed by atoms with van der Waals surface area (Å²) in [5.41, 5.74) is 7.75. The van der Waals surface area contributed by atoms with Crippen LogP contribution in [0.15, 0.2) is 34.9 Å². The number of benzene rings is 1. The first-order chi connectivity index (χ1) is 9.00. The van der Waals surface area contributed by atoms with Crippen LogP contribution in [0.1, 0.15) is 18.0 Å². The van der Waals surface area contributed by atoms with Crippen LogP contribution in [0.25, 0.3) is 11.0 Å². The lowest BCUT2D eigenvalue weighted by molar-refractivity contribution is -0.137. The Balaban J connectivity index is 2.41. The summed E-state index contributed by atoms with van der Waals surface area (Å²) in [5.74, 6) is -0.896. The smallest absolute Gasteiger partial charge is 0.304 e. The van der Waals surface area contributed by atoms with Crippen LogP contribution < -0.4 is 5.73 Å². The zero-order valence-electron chi connectivity index (χ0n) is 11.0. The van der Waals surface area contributed by atoms with E-state index in [4.69, 9.17) is 15.3 Å². The van der Waals surface area contributed by atoms with Gasteiger partial charge in [0, 0.05) is 17.0 Å². The maximum absolute atomic E-state index is 10.8. The molecule has 102 valence electrons. The van der Waals surface area contributed by atoms with Crippen LogP contribution in [-0.4, -0.2) is 36.1 Å². The van der Waals surface area contributed by atoms with Crippen molar-refractivity contribution in [3.63, 3.8) is 0 Å². The monoisotopic (exact) mass is 262 g/mol. The standard InChI is InChI=1S/C14H18N2O3/c1-16(2)14(11(15)7-13(17)18)10-8-19-12-6-4-3-5-9(10)12/h3-6,8,11,14H,7,15H2,1-2H3,(H,17,18). The Morgan fingerprint density at radius 1 is 1.42 bits per heavy atom. The van der Waals surface area contributed by atoms with E-state index in [2.05, 4.69) is 0 Å². The van der Waals surface area contributed by atoms with Crippen LogP contribution in [0.2, 0.25) is 0 Å². The van der Waals surface area contributed by atoms with Crippen LogP contribution in [0.3, 0.4) is 0 Å². The molecule has 5 nitrogen and oxygen atoms in total. The van der Waals surface area contributed by atoms with E-state index in [0.717, 1.165) is 16.5 Å². The molecule has 0 amide bonds. The van der Waals surface area contributed by atoms with E-state index in [1.807, 2.05) is 43.3 Å². The predicted molar refractivity (Wildman–Crippen MR) is 72.9 cm³/mol. The summed E-state index contributed by atoms with van der Waals surface area (Å²) in [6.07, 6.45) is 1.58. The molecule has 1 aromatic heterocycles. The van der Waals surface area contributed by atoms with E-state index in [0.29, 0.717) is 0 Å². The van der Waals surface area contributed by atoms with Crippen molar-refractivity contribution in [3.05, 3.63) is 36.1 Å². The third-order valence-electron chi connectivity index (χ3n) is 3.20. The number of nitrogens with zero attached hydrogens (tertiary/aromatic N) is 1. The largest absolute Gasteiger partial charge is 0.481 e. The van der Waals surface area contributed by atoms with E-state index in [1.54, 1.807) is 6.26 Å². The van der Waals surface area contributed by atoms with Gasteiger partial charge in [-0.2, -0.15) is 0 Å². The van der Waals surface area contributed by atoms with E-state index in [1.165, 1.54) is 0 Å². The predicted octanol–water partition coefficient (Wildman–Crippen LogP) is 1.84. The van der Waals surface area contributed by atoms with Crippen molar-refractivity contribution in [3.8, 4) is 0 Å². The Kier molecular flexibility index (Phi) is 3.87. The Morgan fingerprint density at radius 2 is 2.11 bits per heavy atom. The van der Waals surface area contributed by atoms with Crippen molar-refractivity contribution in [2.45, 2.75) is 18.5 Å². The van der Waals surface area contributed by atoms with Crippen LogP contribution in [0, 0.1) is 0 Å². The number of carboxylic acid groups (broad SMARTS) is 1. The van der Waals surface area contributed by atoms with Gasteiger partial charge in [0.2, 0.25) is 0 Å². The number of nitrogens with two attached hydrogens (primary N) is 1. The van der Waals surface area contributed by atoms with E-state index >= 15 is 0 Å². The minimum atomic E-state index is -0.896. The number of aliphatic carboxylic acids is 1. The molecule has 0 radical (unpaired) electrons. The van der Waals surface area contributed by atoms with Crippen molar-refractivity contribution in [1.82, 2.24) is 4.90 Å². The fourth-order valence-corrected chi connectivity index (χ4v) is 2.43. The molecule has 0 aliphatic carbocycles. The molecule has 2 unspecified atom stereocenters. The summed E-state index contributed by atoms with van der Waals surface area (Å²) in [7, 11) is 3.77. The van der Waals surface area contributed by atoms with Crippen molar-refractivity contribution in [2.24, 2.45) is 5.73 Å². The molecule has 3 N–H and O–H groups in total. The zero-order valence-corrected chi connectivity index (χ0v) is 11.0. The molecule has 2 atom stereocenters. The van der Waals surface area contributed by atoms with Crippen molar-refractivity contribution >= 4 is 16.9 Å². The minimum absolute atomic E-state index is 0.0810. The molecule has 1 heterocycles. The number of rotatable bonds is 5. The molecule has 19 heavy (non-hydrogen) atoms. The summed E-state index contributed by atoms with van der Waals surface area (Å²) >= 11 is 0. The molecule has 0 aliphatic heterocycles. The number of likely N-dealkylation sites (N-methyl/N-ethyl adjacent to an activating group) is 1. The highest BCUT2D eigenvalue weighted by Gasteiger charge is 2.27. The number of hydrogen-bond acceptors (Lipinski definition) is 4. The fraction of sp³-hybridized carbons (Fsp3) is 0.357. The topological polar surface area (TPSA) is 79.7 Å². The normalized spacial score (nSPS) is 14.7. The van der Waals surface area contributed by atoms with Crippen LogP contribution in [0.5, 0.6) is 0 Å². The molecule has 0 saturated heterocycles. The third kappa shape index (κ3) is 2.77. The average Bonchev–Trinajstić information content (AvgIpc) is 2.72. The Labute approximate surface area is 111 Å². The molecular formula is C14H18N2O3. The van der Waals surface area contributed by atoms with Crippen LogP contribution in [-0.2, 0) is 4.79 Å². The minimum Gasteiger partial charge on any atom is -0.481 e. The number of hydrogen-bond donors (Lipinski definition) is 2. The second kappa shape index (κ2) is 5.42. The molecule has 2 rings (SSSR count). The summed E-state index contributed by atoms with van der Waals surface area (Å²) < 4.78 is 5.51. The highest BCUT2D eigenvalue weighted by molar-refractivity contribution is 5.81. The summed E-state index contributed by atoms with van der Waals surface area (Å²) in [5, 5.41) is 9.88. The van der Waals surface area contributed by atoms with E-state index in [9.17, 15) is 4.79 Å². The lowest BCUT2D eigenvalue weighted by Crippen LogP contribution is -2.38. The fourth-order valence-electron chi connectivity index (χ4n) is 2.43. The van der Waals surface area contributed by atoms with Gasteiger partial charge in [-0.1, -0.05) is 18.2 Å². The number of para-hydroxylation sites is 1. The number of furan rings is 1. The highest BCUT2D eigenvalue weighted by atomic mass is 16.4. The summed E-state index contributed by atoms with van der Waals surface area (Å²) in [6, 6.07) is 6.98. The molecule has 2 aromatic rings. The van der Waals surface area contributed by atoms with Gasteiger partial charge in [0.05, 0.1) is 18.7 Å². The first kappa shape index (κ1) is 13.6. The molecular weight excluding hydrogens is 244 g/mol. The van der Waals surface area contributed by atoms with Crippen molar-refractivity contribution in [1.29, 1.82) is 0 Å². The summed E-state index contributed by atoms with van der Waals surface area (Å²) in [6.45, 7) is 0. The number of carbonyl (C=O) groups is 1. The van der Waals surface area contributed by atoms with Gasteiger partial charge >= 0.3 is 5.97 Å². The lowest BCUT2D eigenvalue weighted by Gasteiger charge is -2.28. The van der Waals surface area contributed by atoms with Gasteiger partial charge in [-0.3, -0.25) is 4.79 Å². The molecule has 0 bridgehead atoms. The van der Waals surface area contributed by atoms with Crippen molar-refractivity contribution < 1.29 is 14.3 Å².